The molecule has 11 heteroatoms. The number of nitrogens with one attached hydrogen (secondary N) is 1. The molecule has 3 aromatic heterocycles. The molecule has 2 saturated heterocycles. The van der Waals surface area contributed by atoms with Crippen LogP contribution in [0, 0.1) is 0 Å². The van der Waals surface area contributed by atoms with Gasteiger partial charge in [0.2, 0.25) is 0 Å². The molecule has 7 nitrogen and oxygen atoms in total. The Balaban J connectivity index is 1.26. The van der Waals surface area contributed by atoms with E-state index in [-0.39, 0.29) is 0 Å². The van der Waals surface area contributed by atoms with E-state index < -0.39 is 11.9 Å². The SMILES string of the molecule is FC(F)(F)c1cc2c(-c3nc(N4CCOCC4)c4sc(CN5CCN(C6CC6)CC5)cc4n3)cccc2[nH]1. The van der Waals surface area contributed by atoms with Gasteiger partial charge in [0.1, 0.15) is 5.69 Å². The van der Waals surface area contributed by atoms with Gasteiger partial charge in [0.15, 0.2) is 11.6 Å². The van der Waals surface area contributed by atoms with E-state index in [1.54, 1.807) is 29.5 Å². The summed E-state index contributed by atoms with van der Waals surface area (Å²) in [6.07, 6.45) is -1.77. The Labute approximate surface area is 222 Å². The van der Waals surface area contributed by atoms with E-state index in [1.807, 2.05) is 0 Å². The number of hydrogen-bond donors (Lipinski definition) is 1. The van der Waals surface area contributed by atoms with Gasteiger partial charge in [-0.25, -0.2) is 9.97 Å². The fourth-order valence-corrected chi connectivity index (χ4v) is 6.76. The predicted molar refractivity (Wildman–Crippen MR) is 143 cm³/mol. The van der Waals surface area contributed by atoms with Gasteiger partial charge in [0.05, 0.1) is 23.4 Å². The molecule has 1 N–H and O–H groups in total. The molecule has 38 heavy (non-hydrogen) atoms. The Bertz CT molecular complexity index is 1470. The zero-order valence-corrected chi connectivity index (χ0v) is 21.7. The lowest BCUT2D eigenvalue weighted by atomic mass is 10.1. The molecule has 3 aliphatic rings. The molecule has 0 atom stereocenters. The number of nitrogens with zero attached hydrogens (tertiary/aromatic N) is 5. The van der Waals surface area contributed by atoms with E-state index in [2.05, 4.69) is 25.8 Å². The minimum absolute atomic E-state index is 0.419. The Hall–Kier alpha value is -2.73. The van der Waals surface area contributed by atoms with Gasteiger partial charge >= 0.3 is 6.18 Å². The van der Waals surface area contributed by atoms with Gasteiger partial charge < -0.3 is 14.6 Å². The van der Waals surface area contributed by atoms with Crippen LogP contribution in [0.5, 0.6) is 0 Å². The number of morpholine rings is 1. The third kappa shape index (κ3) is 4.66. The van der Waals surface area contributed by atoms with Crippen LogP contribution in [0.25, 0.3) is 32.5 Å². The molecule has 1 aromatic carbocycles. The summed E-state index contributed by atoms with van der Waals surface area (Å²) in [7, 11) is 0. The van der Waals surface area contributed by atoms with E-state index in [4.69, 9.17) is 14.7 Å². The van der Waals surface area contributed by atoms with Crippen molar-refractivity contribution in [3.05, 3.63) is 40.9 Å². The number of halogens is 3. The summed E-state index contributed by atoms with van der Waals surface area (Å²) in [5, 5.41) is 0.469. The maximum atomic E-state index is 13.4. The molecule has 0 bridgehead atoms. The van der Waals surface area contributed by atoms with Crippen molar-refractivity contribution in [2.45, 2.75) is 31.6 Å². The number of fused-ring (bicyclic) bond motifs is 2. The van der Waals surface area contributed by atoms with E-state index in [1.165, 1.54) is 17.7 Å². The molecule has 1 saturated carbocycles. The normalized spacial score (nSPS) is 20.1. The van der Waals surface area contributed by atoms with Crippen LogP contribution >= 0.6 is 11.3 Å². The number of aromatic nitrogens is 3. The number of hydrogen-bond acceptors (Lipinski definition) is 7. The number of benzene rings is 1. The fourth-order valence-electron chi connectivity index (χ4n) is 5.60. The molecule has 0 spiro atoms. The molecule has 4 aromatic rings. The number of H-pyrrole nitrogens is 1. The number of ether oxygens (including phenoxy) is 1. The molecule has 3 fully saturated rings. The summed E-state index contributed by atoms with van der Waals surface area (Å²) in [4.78, 5) is 20.9. The summed E-state index contributed by atoms with van der Waals surface area (Å²) in [5.41, 5.74) is 1.09. The Morgan fingerprint density at radius 2 is 1.79 bits per heavy atom. The summed E-state index contributed by atoms with van der Waals surface area (Å²) >= 11 is 1.73. The van der Waals surface area contributed by atoms with Crippen molar-refractivity contribution in [2.75, 3.05) is 57.4 Å². The zero-order valence-electron chi connectivity index (χ0n) is 20.9. The molecule has 0 amide bonds. The van der Waals surface area contributed by atoms with Gasteiger partial charge in [-0.05, 0) is 31.0 Å². The zero-order chi connectivity index (χ0) is 25.9. The van der Waals surface area contributed by atoms with Crippen molar-refractivity contribution in [1.82, 2.24) is 24.8 Å². The summed E-state index contributed by atoms with van der Waals surface area (Å²) in [6.45, 7) is 7.92. The van der Waals surface area contributed by atoms with Gasteiger partial charge in [-0.3, -0.25) is 9.80 Å². The first-order valence-electron chi connectivity index (χ1n) is 13.2. The van der Waals surface area contributed by atoms with Crippen molar-refractivity contribution in [3.8, 4) is 11.4 Å². The summed E-state index contributed by atoms with van der Waals surface area (Å²) < 4.78 is 46.9. The lowest BCUT2D eigenvalue weighted by molar-refractivity contribution is -0.140. The minimum Gasteiger partial charge on any atom is -0.378 e. The van der Waals surface area contributed by atoms with Gasteiger partial charge in [-0.2, -0.15) is 13.2 Å². The second-order valence-electron chi connectivity index (χ2n) is 10.4. The summed E-state index contributed by atoms with van der Waals surface area (Å²) in [5.74, 6) is 1.28. The lowest BCUT2D eigenvalue weighted by Gasteiger charge is -2.34. The van der Waals surface area contributed by atoms with Crippen molar-refractivity contribution >= 4 is 38.3 Å². The minimum atomic E-state index is -4.45. The Morgan fingerprint density at radius 1 is 1.00 bits per heavy atom. The number of anilines is 1. The molecule has 0 unspecified atom stereocenters. The largest absolute Gasteiger partial charge is 0.431 e. The average molecular weight is 543 g/mol. The standard InChI is InChI=1S/C27H29F3N6OS/c28-27(29,30)23-15-20-19(2-1-3-21(20)31-23)25-32-22-14-18(16-34-6-8-35(9-7-34)17-4-5-17)38-24(22)26(33-25)36-10-12-37-13-11-36/h1-3,14-15,17,31H,4-13,16H2. The molecule has 7 rings (SSSR count). The van der Waals surface area contributed by atoms with Crippen LogP contribution in [0.1, 0.15) is 23.4 Å². The molecule has 0 radical (unpaired) electrons. The van der Waals surface area contributed by atoms with Gasteiger partial charge in [0, 0.05) is 73.2 Å². The number of aromatic amines is 1. The van der Waals surface area contributed by atoms with Crippen molar-refractivity contribution in [2.24, 2.45) is 0 Å². The first kappa shape index (κ1) is 24.3. The molecular weight excluding hydrogens is 513 g/mol. The molecule has 1 aliphatic carbocycles. The number of thiophene rings is 1. The highest BCUT2D eigenvalue weighted by atomic mass is 32.1. The fraction of sp³-hybridized carbons (Fsp3) is 0.481. The quantitative estimate of drug-likeness (QED) is 0.384. The summed E-state index contributed by atoms with van der Waals surface area (Å²) in [6, 6.07) is 9.31. The highest BCUT2D eigenvalue weighted by Crippen LogP contribution is 2.38. The average Bonchev–Trinajstić information content (AvgIpc) is 3.53. The maximum Gasteiger partial charge on any atom is 0.431 e. The lowest BCUT2D eigenvalue weighted by Crippen LogP contribution is -2.46. The van der Waals surface area contributed by atoms with Gasteiger partial charge in [0.25, 0.3) is 0 Å². The second-order valence-corrected chi connectivity index (χ2v) is 11.5. The highest BCUT2D eigenvalue weighted by Gasteiger charge is 2.33. The van der Waals surface area contributed by atoms with Crippen LogP contribution in [0.4, 0.5) is 19.0 Å². The van der Waals surface area contributed by atoms with Crippen molar-refractivity contribution in [3.63, 3.8) is 0 Å². The van der Waals surface area contributed by atoms with Crippen LogP contribution in [-0.4, -0.2) is 83.3 Å². The topological polar surface area (TPSA) is 60.5 Å². The third-order valence-corrected chi connectivity index (χ3v) is 8.88. The maximum absolute atomic E-state index is 13.4. The van der Waals surface area contributed by atoms with Gasteiger partial charge in [-0.1, -0.05) is 12.1 Å². The smallest absolute Gasteiger partial charge is 0.378 e. The molecular formula is C27H29F3N6OS. The Kier molecular flexibility index (Phi) is 6.06. The van der Waals surface area contributed by atoms with Crippen LogP contribution in [0.2, 0.25) is 0 Å². The van der Waals surface area contributed by atoms with Crippen LogP contribution < -0.4 is 4.90 Å². The van der Waals surface area contributed by atoms with E-state index in [0.717, 1.165) is 60.9 Å². The second kappa shape index (κ2) is 9.48. The van der Waals surface area contributed by atoms with Gasteiger partial charge in [-0.15, -0.1) is 11.3 Å². The van der Waals surface area contributed by atoms with Crippen molar-refractivity contribution in [1.29, 1.82) is 0 Å². The number of piperazine rings is 1. The molecule has 2 aliphatic heterocycles. The number of rotatable bonds is 5. The third-order valence-electron chi connectivity index (χ3n) is 7.78. The Morgan fingerprint density at radius 3 is 2.53 bits per heavy atom. The predicted octanol–water partition coefficient (Wildman–Crippen LogP) is 4.98. The number of alkyl halides is 3. The monoisotopic (exact) mass is 542 g/mol. The van der Waals surface area contributed by atoms with Crippen LogP contribution in [0.15, 0.2) is 30.3 Å². The molecule has 5 heterocycles. The molecule has 200 valence electrons. The van der Waals surface area contributed by atoms with E-state index >= 15 is 0 Å². The van der Waals surface area contributed by atoms with E-state index in [0.29, 0.717) is 48.6 Å². The first-order valence-corrected chi connectivity index (χ1v) is 14.0. The highest BCUT2D eigenvalue weighted by molar-refractivity contribution is 7.19. The van der Waals surface area contributed by atoms with Crippen LogP contribution in [0.3, 0.4) is 0 Å². The van der Waals surface area contributed by atoms with Crippen LogP contribution in [-0.2, 0) is 17.5 Å². The van der Waals surface area contributed by atoms with Crippen molar-refractivity contribution < 1.29 is 17.9 Å². The van der Waals surface area contributed by atoms with E-state index in [9.17, 15) is 13.2 Å². The first-order chi connectivity index (χ1) is 18.4.